The van der Waals surface area contributed by atoms with Crippen LogP contribution in [0.2, 0.25) is 5.02 Å². The maximum atomic E-state index is 6.33. The molecule has 0 aromatic carbocycles. The Balaban J connectivity index is 2.20. The molecule has 0 radical (unpaired) electrons. The number of rotatable bonds is 5. The van der Waals surface area contributed by atoms with Crippen molar-refractivity contribution in [3.05, 3.63) is 40.4 Å². The second-order valence-electron chi connectivity index (χ2n) is 4.42. The monoisotopic (exact) mass is 266 g/mol. The number of nitrogens with zero attached hydrogens (tertiary/aromatic N) is 3. The third kappa shape index (κ3) is 2.60. The van der Waals surface area contributed by atoms with Crippen molar-refractivity contribution in [1.29, 1.82) is 0 Å². The first-order valence-electron chi connectivity index (χ1n) is 6.20. The Morgan fingerprint density at radius 2 is 2.22 bits per heavy atom. The van der Waals surface area contributed by atoms with Crippen LogP contribution in [0.25, 0.3) is 0 Å². The molecule has 0 bridgehead atoms. The van der Waals surface area contributed by atoms with Crippen LogP contribution < -0.4 is 5.73 Å². The van der Waals surface area contributed by atoms with Gasteiger partial charge in [0.2, 0.25) is 0 Å². The van der Waals surface area contributed by atoms with Crippen LogP contribution in [0.3, 0.4) is 0 Å². The van der Waals surface area contributed by atoms with Gasteiger partial charge < -0.3 is 10.3 Å². The van der Waals surface area contributed by atoms with Crippen molar-refractivity contribution in [2.24, 2.45) is 12.8 Å². The van der Waals surface area contributed by atoms with Crippen molar-refractivity contribution in [3.63, 3.8) is 0 Å². The summed E-state index contributed by atoms with van der Waals surface area (Å²) in [6.07, 6.45) is 5.94. The van der Waals surface area contributed by atoms with Gasteiger partial charge in [0, 0.05) is 19.4 Å². The summed E-state index contributed by atoms with van der Waals surface area (Å²) in [6, 6.07) is 2.10. The van der Waals surface area contributed by atoms with E-state index in [0.717, 1.165) is 35.8 Å². The molecule has 0 unspecified atom stereocenters. The lowest BCUT2D eigenvalue weighted by atomic mass is 10.2. The van der Waals surface area contributed by atoms with Crippen molar-refractivity contribution in [2.75, 3.05) is 6.54 Å². The average molecular weight is 267 g/mol. The van der Waals surface area contributed by atoms with Crippen molar-refractivity contribution in [3.8, 4) is 0 Å². The second kappa shape index (κ2) is 5.59. The van der Waals surface area contributed by atoms with Crippen LogP contribution in [-0.4, -0.2) is 20.9 Å². The minimum absolute atomic E-state index is 0.677. The molecule has 5 heteroatoms. The van der Waals surface area contributed by atoms with E-state index in [1.807, 2.05) is 11.7 Å². The van der Waals surface area contributed by atoms with E-state index in [-0.39, 0.29) is 0 Å². The molecule has 0 saturated carbocycles. The molecule has 0 saturated heterocycles. The lowest BCUT2D eigenvalue weighted by Gasteiger charge is -2.04. The summed E-state index contributed by atoms with van der Waals surface area (Å²) in [5, 5.41) is 5.21. The van der Waals surface area contributed by atoms with Gasteiger partial charge >= 0.3 is 0 Å². The first-order chi connectivity index (χ1) is 8.65. The topological polar surface area (TPSA) is 48.8 Å². The fourth-order valence-electron chi connectivity index (χ4n) is 2.07. The van der Waals surface area contributed by atoms with Crippen molar-refractivity contribution in [1.82, 2.24) is 14.3 Å². The van der Waals surface area contributed by atoms with Crippen molar-refractivity contribution < 1.29 is 0 Å². The molecular formula is C13H19ClN4. The SMILES string of the molecule is CCc1nn(C)c(Cn2ccc(CCN)c2)c1Cl. The largest absolute Gasteiger partial charge is 0.348 e. The number of nitrogens with two attached hydrogens (primary N) is 1. The van der Waals surface area contributed by atoms with Gasteiger partial charge in [-0.15, -0.1) is 0 Å². The summed E-state index contributed by atoms with van der Waals surface area (Å²) in [5.41, 5.74) is 8.81. The Bertz CT molecular complexity index is 527. The molecule has 4 nitrogen and oxygen atoms in total. The van der Waals surface area contributed by atoms with Crippen LogP contribution in [0.4, 0.5) is 0 Å². The molecule has 0 spiro atoms. The van der Waals surface area contributed by atoms with E-state index in [1.54, 1.807) is 0 Å². The summed E-state index contributed by atoms with van der Waals surface area (Å²) >= 11 is 6.33. The van der Waals surface area contributed by atoms with E-state index in [2.05, 4.69) is 35.0 Å². The van der Waals surface area contributed by atoms with E-state index in [1.165, 1.54) is 5.56 Å². The molecule has 98 valence electrons. The summed E-state index contributed by atoms with van der Waals surface area (Å²) in [4.78, 5) is 0. The maximum Gasteiger partial charge on any atom is 0.0868 e. The third-order valence-corrected chi connectivity index (χ3v) is 3.52. The molecule has 0 fully saturated rings. The van der Waals surface area contributed by atoms with Gasteiger partial charge in [-0.05, 0) is 31.0 Å². The van der Waals surface area contributed by atoms with Crippen LogP contribution in [-0.2, 0) is 26.4 Å². The first kappa shape index (κ1) is 13.2. The Morgan fingerprint density at radius 1 is 1.44 bits per heavy atom. The zero-order valence-electron chi connectivity index (χ0n) is 10.9. The highest BCUT2D eigenvalue weighted by Crippen LogP contribution is 2.21. The van der Waals surface area contributed by atoms with Gasteiger partial charge in [0.1, 0.15) is 0 Å². The van der Waals surface area contributed by atoms with Crippen LogP contribution >= 0.6 is 11.6 Å². The van der Waals surface area contributed by atoms with E-state index in [0.29, 0.717) is 6.54 Å². The van der Waals surface area contributed by atoms with E-state index in [9.17, 15) is 0 Å². The third-order valence-electron chi connectivity index (χ3n) is 3.08. The standard InChI is InChI=1S/C13H19ClN4/c1-3-11-13(14)12(17(2)16-11)9-18-7-5-10(8-18)4-6-15/h5,7-8H,3-4,6,9,15H2,1-2H3. The molecule has 2 heterocycles. The fourth-order valence-corrected chi connectivity index (χ4v) is 2.42. The normalized spacial score (nSPS) is 11.1. The van der Waals surface area contributed by atoms with Gasteiger partial charge in [0.25, 0.3) is 0 Å². The Labute approximate surface area is 112 Å². The molecule has 0 aliphatic carbocycles. The molecule has 0 aliphatic rings. The second-order valence-corrected chi connectivity index (χ2v) is 4.79. The van der Waals surface area contributed by atoms with Gasteiger partial charge in [-0.25, -0.2) is 0 Å². The van der Waals surface area contributed by atoms with Crippen LogP contribution in [0, 0.1) is 0 Å². The van der Waals surface area contributed by atoms with E-state index < -0.39 is 0 Å². The lowest BCUT2D eigenvalue weighted by Crippen LogP contribution is -2.05. The highest BCUT2D eigenvalue weighted by molar-refractivity contribution is 6.31. The van der Waals surface area contributed by atoms with E-state index in [4.69, 9.17) is 17.3 Å². The minimum Gasteiger partial charge on any atom is -0.348 e. The molecule has 2 N–H and O–H groups in total. The number of aromatic nitrogens is 3. The quantitative estimate of drug-likeness (QED) is 0.900. The number of halogens is 1. The smallest absolute Gasteiger partial charge is 0.0868 e. The summed E-state index contributed by atoms with van der Waals surface area (Å²) in [7, 11) is 1.94. The Kier molecular flexibility index (Phi) is 4.09. The molecule has 18 heavy (non-hydrogen) atoms. The molecule has 0 atom stereocenters. The van der Waals surface area contributed by atoms with Gasteiger partial charge in [-0.3, -0.25) is 4.68 Å². The molecule has 2 aromatic rings. The van der Waals surface area contributed by atoms with Crippen LogP contribution in [0.5, 0.6) is 0 Å². The summed E-state index contributed by atoms with van der Waals surface area (Å²) < 4.78 is 3.98. The number of hydrogen-bond acceptors (Lipinski definition) is 2. The molecular weight excluding hydrogens is 248 g/mol. The van der Waals surface area contributed by atoms with Gasteiger partial charge in [0.05, 0.1) is 23.0 Å². The maximum absolute atomic E-state index is 6.33. The van der Waals surface area contributed by atoms with Gasteiger partial charge in [-0.2, -0.15) is 5.10 Å². The molecule has 0 amide bonds. The average Bonchev–Trinajstić information content (AvgIpc) is 2.89. The zero-order valence-corrected chi connectivity index (χ0v) is 11.6. The molecule has 2 aromatic heterocycles. The Hall–Kier alpha value is -1.26. The van der Waals surface area contributed by atoms with E-state index >= 15 is 0 Å². The predicted octanol–water partition coefficient (Wildman–Crippen LogP) is 1.99. The highest BCUT2D eigenvalue weighted by atomic mass is 35.5. The summed E-state index contributed by atoms with van der Waals surface area (Å²) in [5.74, 6) is 0. The number of hydrogen-bond donors (Lipinski definition) is 1. The minimum atomic E-state index is 0.677. The van der Waals surface area contributed by atoms with Crippen molar-refractivity contribution in [2.45, 2.75) is 26.3 Å². The molecule has 2 rings (SSSR count). The Morgan fingerprint density at radius 3 is 2.83 bits per heavy atom. The first-order valence-corrected chi connectivity index (χ1v) is 6.58. The lowest BCUT2D eigenvalue weighted by molar-refractivity contribution is 0.661. The highest BCUT2D eigenvalue weighted by Gasteiger charge is 2.13. The fraction of sp³-hybridized carbons (Fsp3) is 0.462. The number of aryl methyl sites for hydroxylation is 2. The van der Waals surface area contributed by atoms with Gasteiger partial charge in [0.15, 0.2) is 0 Å². The zero-order chi connectivity index (χ0) is 13.1. The predicted molar refractivity (Wildman–Crippen MR) is 73.9 cm³/mol. The molecule has 0 aliphatic heterocycles. The van der Waals surface area contributed by atoms with Gasteiger partial charge in [-0.1, -0.05) is 18.5 Å². The van der Waals surface area contributed by atoms with Crippen LogP contribution in [0.15, 0.2) is 18.5 Å². The summed E-state index contributed by atoms with van der Waals surface area (Å²) in [6.45, 7) is 3.48. The van der Waals surface area contributed by atoms with Crippen molar-refractivity contribution >= 4 is 11.6 Å². The van der Waals surface area contributed by atoms with Crippen LogP contribution in [0.1, 0.15) is 23.9 Å².